The van der Waals surface area contributed by atoms with Gasteiger partial charge in [-0.2, -0.15) is 0 Å². The van der Waals surface area contributed by atoms with Gasteiger partial charge in [-0.25, -0.2) is 0 Å². The van der Waals surface area contributed by atoms with Crippen molar-refractivity contribution >= 4 is 17.7 Å². The fraction of sp³-hybridized carbons (Fsp3) is 0.400. The highest BCUT2D eigenvalue weighted by molar-refractivity contribution is 5.88. The third-order valence-corrected chi connectivity index (χ3v) is 5.55. The van der Waals surface area contributed by atoms with Gasteiger partial charge < -0.3 is 10.1 Å². The maximum atomic E-state index is 11.2. The summed E-state index contributed by atoms with van der Waals surface area (Å²) in [6.07, 6.45) is 6.81. The molecule has 0 aromatic heterocycles. The van der Waals surface area contributed by atoms with Crippen LogP contribution in [0, 0.1) is 5.41 Å². The molecule has 1 saturated heterocycles. The van der Waals surface area contributed by atoms with Gasteiger partial charge in [0, 0.05) is 31.2 Å². The first-order chi connectivity index (χ1) is 14.1. The molecule has 0 spiro atoms. The van der Waals surface area contributed by atoms with E-state index in [0.717, 1.165) is 51.4 Å². The maximum Gasteiger partial charge on any atom is 0.221 e. The Bertz CT molecular complexity index is 791. The molecule has 0 atom stereocenters. The molecule has 4 heteroatoms. The highest BCUT2D eigenvalue weighted by Crippen LogP contribution is 2.35. The first-order valence-electron chi connectivity index (χ1n) is 10.5. The Labute approximate surface area is 174 Å². The number of carbonyl (C=O) groups is 1. The number of nitrogens with one attached hydrogen (secondary N) is 1. The Kier molecular flexibility index (Phi) is 7.62. The summed E-state index contributed by atoms with van der Waals surface area (Å²) in [5, 5.41) is 2.82. The summed E-state index contributed by atoms with van der Waals surface area (Å²) in [6, 6.07) is 18.6. The Morgan fingerprint density at radius 2 is 1.79 bits per heavy atom. The minimum Gasteiger partial charge on any atom is -0.381 e. The van der Waals surface area contributed by atoms with Crippen LogP contribution < -0.4 is 5.32 Å². The van der Waals surface area contributed by atoms with Crippen LogP contribution in [0.2, 0.25) is 0 Å². The molecule has 2 aromatic carbocycles. The number of hydrogen-bond acceptors (Lipinski definition) is 3. The van der Waals surface area contributed by atoms with E-state index in [2.05, 4.69) is 71.8 Å². The molecule has 0 aliphatic carbocycles. The fourth-order valence-corrected chi connectivity index (χ4v) is 3.81. The molecule has 4 nitrogen and oxygen atoms in total. The Balaban J connectivity index is 1.59. The molecule has 154 valence electrons. The molecule has 2 aromatic rings. The lowest BCUT2D eigenvalue weighted by molar-refractivity contribution is -0.114. The molecule has 1 fully saturated rings. The molecule has 3 rings (SSSR count). The Hall–Kier alpha value is -2.43. The minimum absolute atomic E-state index is 0.0389. The Morgan fingerprint density at radius 1 is 1.10 bits per heavy atom. The zero-order chi connectivity index (χ0) is 20.5. The zero-order valence-corrected chi connectivity index (χ0v) is 17.6. The van der Waals surface area contributed by atoms with E-state index in [4.69, 9.17) is 4.74 Å². The molecule has 0 saturated carbocycles. The van der Waals surface area contributed by atoms with Gasteiger partial charge in [-0.1, -0.05) is 54.6 Å². The van der Waals surface area contributed by atoms with Gasteiger partial charge in [0.1, 0.15) is 0 Å². The topological polar surface area (TPSA) is 41.6 Å². The van der Waals surface area contributed by atoms with Crippen molar-refractivity contribution in [3.05, 3.63) is 71.8 Å². The number of rotatable bonds is 8. The van der Waals surface area contributed by atoms with E-state index in [9.17, 15) is 4.79 Å². The van der Waals surface area contributed by atoms with E-state index in [1.54, 1.807) is 0 Å². The normalized spacial score (nSPS) is 16.8. The van der Waals surface area contributed by atoms with Gasteiger partial charge in [0.2, 0.25) is 5.91 Å². The third-order valence-electron chi connectivity index (χ3n) is 5.55. The summed E-state index contributed by atoms with van der Waals surface area (Å²) >= 11 is 0. The second kappa shape index (κ2) is 10.4. The van der Waals surface area contributed by atoms with Crippen LogP contribution in [0.15, 0.2) is 60.7 Å². The van der Waals surface area contributed by atoms with Gasteiger partial charge in [0.15, 0.2) is 0 Å². The van der Waals surface area contributed by atoms with Gasteiger partial charge in [-0.3, -0.25) is 9.69 Å². The summed E-state index contributed by atoms with van der Waals surface area (Å²) < 4.78 is 5.86. The largest absolute Gasteiger partial charge is 0.381 e. The Morgan fingerprint density at radius 3 is 2.41 bits per heavy atom. The van der Waals surface area contributed by atoms with E-state index in [-0.39, 0.29) is 11.3 Å². The molecule has 0 bridgehead atoms. The first-order valence-corrected chi connectivity index (χ1v) is 10.5. The number of nitrogens with zero attached hydrogens (tertiary/aromatic N) is 1. The first kappa shape index (κ1) is 21.3. The summed E-state index contributed by atoms with van der Waals surface area (Å²) in [5.74, 6) is -0.0389. The highest BCUT2D eigenvalue weighted by atomic mass is 16.5. The third kappa shape index (κ3) is 6.55. The number of amides is 1. The molecule has 0 unspecified atom stereocenters. The lowest BCUT2D eigenvalue weighted by Crippen LogP contribution is -2.41. The van der Waals surface area contributed by atoms with Crippen LogP contribution in [-0.2, 0) is 16.1 Å². The molecule has 1 amide bonds. The van der Waals surface area contributed by atoms with Crippen LogP contribution in [0.3, 0.4) is 0 Å². The predicted molar refractivity (Wildman–Crippen MR) is 120 cm³/mol. The van der Waals surface area contributed by atoms with E-state index < -0.39 is 0 Å². The van der Waals surface area contributed by atoms with Gasteiger partial charge in [-0.05, 0) is 56.1 Å². The van der Waals surface area contributed by atoms with Crippen molar-refractivity contribution in [2.75, 3.05) is 31.6 Å². The number of ether oxygens (including phenoxy) is 1. The number of likely N-dealkylation sites (tertiary alicyclic amines) is 1. The van der Waals surface area contributed by atoms with E-state index in [1.807, 2.05) is 12.1 Å². The molecule has 1 heterocycles. The average Bonchev–Trinajstić information content (AvgIpc) is 2.74. The lowest BCUT2D eigenvalue weighted by Gasteiger charge is -2.40. The second-order valence-electron chi connectivity index (χ2n) is 7.90. The van der Waals surface area contributed by atoms with Crippen LogP contribution in [0.4, 0.5) is 5.69 Å². The van der Waals surface area contributed by atoms with Crippen molar-refractivity contribution in [1.82, 2.24) is 4.90 Å². The van der Waals surface area contributed by atoms with Crippen LogP contribution >= 0.6 is 0 Å². The minimum atomic E-state index is -0.0389. The smallest absolute Gasteiger partial charge is 0.221 e. The molecule has 29 heavy (non-hydrogen) atoms. The van der Waals surface area contributed by atoms with E-state index >= 15 is 0 Å². The van der Waals surface area contributed by atoms with Crippen LogP contribution in [0.25, 0.3) is 6.08 Å². The second-order valence-corrected chi connectivity index (χ2v) is 7.90. The summed E-state index contributed by atoms with van der Waals surface area (Å²) in [5.41, 5.74) is 3.47. The van der Waals surface area contributed by atoms with Crippen molar-refractivity contribution in [1.29, 1.82) is 0 Å². The summed E-state index contributed by atoms with van der Waals surface area (Å²) in [4.78, 5) is 13.7. The fourth-order valence-electron chi connectivity index (χ4n) is 3.81. The van der Waals surface area contributed by atoms with E-state index in [0.29, 0.717) is 0 Å². The monoisotopic (exact) mass is 392 g/mol. The quantitative estimate of drug-likeness (QED) is 0.689. The van der Waals surface area contributed by atoms with Crippen molar-refractivity contribution in [2.45, 2.75) is 33.2 Å². The van der Waals surface area contributed by atoms with Crippen molar-refractivity contribution in [3.63, 3.8) is 0 Å². The van der Waals surface area contributed by atoms with Crippen molar-refractivity contribution < 1.29 is 9.53 Å². The summed E-state index contributed by atoms with van der Waals surface area (Å²) in [7, 11) is 0. The molecular formula is C25H32N2O2. The average molecular weight is 393 g/mol. The molecule has 0 radical (unpaired) electrons. The van der Waals surface area contributed by atoms with Gasteiger partial charge >= 0.3 is 0 Å². The SMILES string of the molecule is CCOCC1(/C=C/c2ccccc2)CCN(Cc2ccc(NC(C)=O)cc2)CC1. The van der Waals surface area contributed by atoms with Crippen LogP contribution in [-0.4, -0.2) is 37.1 Å². The van der Waals surface area contributed by atoms with Crippen molar-refractivity contribution in [3.8, 4) is 0 Å². The van der Waals surface area contributed by atoms with Gasteiger partial charge in [0.05, 0.1) is 6.61 Å². The lowest BCUT2D eigenvalue weighted by atomic mass is 9.78. The number of piperidine rings is 1. The number of carbonyl (C=O) groups excluding carboxylic acids is 1. The predicted octanol–water partition coefficient (Wildman–Crippen LogP) is 4.98. The highest BCUT2D eigenvalue weighted by Gasteiger charge is 2.32. The standard InChI is InChI=1S/C25H32N2O2/c1-3-29-20-25(14-13-22-7-5-4-6-8-22)15-17-27(18-16-25)19-23-9-11-24(12-10-23)26-21(2)28/h4-14H,3,15-20H2,1-2H3,(H,26,28)/b14-13+. The van der Waals surface area contributed by atoms with Gasteiger partial charge in [-0.15, -0.1) is 0 Å². The van der Waals surface area contributed by atoms with Crippen molar-refractivity contribution in [2.24, 2.45) is 5.41 Å². The molecule has 1 N–H and O–H groups in total. The molecule has 1 aliphatic rings. The van der Waals surface area contributed by atoms with Crippen LogP contribution in [0.5, 0.6) is 0 Å². The number of benzene rings is 2. The van der Waals surface area contributed by atoms with E-state index in [1.165, 1.54) is 18.1 Å². The zero-order valence-electron chi connectivity index (χ0n) is 17.6. The molecule has 1 aliphatic heterocycles. The number of hydrogen-bond donors (Lipinski definition) is 1. The summed E-state index contributed by atoms with van der Waals surface area (Å²) in [6.45, 7) is 8.18. The van der Waals surface area contributed by atoms with Gasteiger partial charge in [0.25, 0.3) is 0 Å². The molecular weight excluding hydrogens is 360 g/mol. The van der Waals surface area contributed by atoms with Crippen LogP contribution in [0.1, 0.15) is 37.8 Å². The maximum absolute atomic E-state index is 11.2. The number of anilines is 1.